The van der Waals surface area contributed by atoms with E-state index in [-0.39, 0.29) is 12.5 Å². The van der Waals surface area contributed by atoms with Gasteiger partial charge in [0.25, 0.3) is 5.91 Å². The molecule has 2 aromatic rings. The van der Waals surface area contributed by atoms with Crippen molar-refractivity contribution in [3.05, 3.63) is 59.2 Å². The molecule has 2 aromatic carbocycles. The monoisotopic (exact) mass is 534 g/mol. The molecule has 1 atom stereocenters. The molecule has 2 aliphatic heterocycles. The Bertz CT molecular complexity index is 1320. The molecule has 39 heavy (non-hydrogen) atoms. The molecule has 11 heteroatoms. The number of unbranched alkanes of at least 4 members (excludes halogenated alkanes) is 1. The van der Waals surface area contributed by atoms with Gasteiger partial charge in [0.1, 0.15) is 17.5 Å². The van der Waals surface area contributed by atoms with Crippen LogP contribution in [0.25, 0.3) is 0 Å². The number of amides is 4. The van der Waals surface area contributed by atoms with Crippen LogP contribution in [0.4, 0.5) is 16.2 Å². The molecule has 0 aliphatic carbocycles. The highest BCUT2D eigenvalue weighted by atomic mass is 16.6. The molecule has 0 spiro atoms. The average Bonchev–Trinajstić information content (AvgIpc) is 3.15. The summed E-state index contributed by atoms with van der Waals surface area (Å²) < 4.78 is 5.26. The number of amidine groups is 1. The number of carbonyl (C=O) groups is 4. The molecule has 2 aliphatic rings. The lowest BCUT2D eigenvalue weighted by molar-refractivity contribution is -0.125. The SMILES string of the molecule is CC(C)(C)OC(=O)N[C@@H](CCCCN)C(=O)NCC(=O)Nc1ccc2c(c1)CN1C(=O)c3ccccc3C1=N2. The van der Waals surface area contributed by atoms with Gasteiger partial charge in [-0.3, -0.25) is 19.3 Å². The van der Waals surface area contributed by atoms with E-state index in [2.05, 4.69) is 20.9 Å². The minimum Gasteiger partial charge on any atom is -0.444 e. The third-order valence-corrected chi connectivity index (χ3v) is 6.19. The lowest BCUT2D eigenvalue weighted by Crippen LogP contribution is -2.49. The number of aliphatic imine (C=N–C) groups is 1. The smallest absolute Gasteiger partial charge is 0.408 e. The molecule has 0 bridgehead atoms. The molecule has 0 radical (unpaired) electrons. The van der Waals surface area contributed by atoms with Crippen LogP contribution in [0.2, 0.25) is 0 Å². The van der Waals surface area contributed by atoms with Crippen molar-refractivity contribution in [3.63, 3.8) is 0 Å². The second kappa shape index (κ2) is 11.6. The van der Waals surface area contributed by atoms with E-state index in [9.17, 15) is 19.2 Å². The highest BCUT2D eigenvalue weighted by Crippen LogP contribution is 2.35. The molecule has 0 saturated heterocycles. The standard InChI is InChI=1S/C28H34N6O5/c1-28(2,3)39-27(38)33-22(10-6-7-13-29)25(36)30-15-23(35)31-18-11-12-21-17(14-18)16-34-24(32-21)19-8-4-5-9-20(19)26(34)37/h4-5,8-9,11-12,14,22H,6-7,10,13,15-16,29H2,1-3H3,(H,30,36)(H,31,35)(H,33,38)/t22-/m0/s1. The topological polar surface area (TPSA) is 155 Å². The van der Waals surface area contributed by atoms with Crippen LogP contribution in [-0.4, -0.2) is 59.3 Å². The number of nitrogens with one attached hydrogen (secondary N) is 3. The van der Waals surface area contributed by atoms with Gasteiger partial charge in [0.2, 0.25) is 11.8 Å². The Balaban J connectivity index is 1.35. The molecule has 0 unspecified atom stereocenters. The van der Waals surface area contributed by atoms with Gasteiger partial charge in [-0.1, -0.05) is 18.2 Å². The summed E-state index contributed by atoms with van der Waals surface area (Å²) in [4.78, 5) is 56.7. The zero-order valence-corrected chi connectivity index (χ0v) is 22.4. The Morgan fingerprint density at radius 3 is 2.56 bits per heavy atom. The number of hydrogen-bond acceptors (Lipinski definition) is 7. The van der Waals surface area contributed by atoms with Crippen molar-refractivity contribution in [2.75, 3.05) is 18.4 Å². The molecule has 4 amide bonds. The van der Waals surface area contributed by atoms with Gasteiger partial charge in [0, 0.05) is 11.3 Å². The first-order chi connectivity index (χ1) is 18.6. The van der Waals surface area contributed by atoms with Crippen molar-refractivity contribution in [2.24, 2.45) is 10.7 Å². The summed E-state index contributed by atoms with van der Waals surface area (Å²) >= 11 is 0. The molecule has 0 saturated carbocycles. The maximum absolute atomic E-state index is 12.8. The number of ether oxygens (including phenoxy) is 1. The molecule has 206 valence electrons. The van der Waals surface area contributed by atoms with Crippen LogP contribution in [0.15, 0.2) is 47.5 Å². The van der Waals surface area contributed by atoms with Gasteiger partial charge in [-0.05, 0) is 76.4 Å². The number of anilines is 1. The van der Waals surface area contributed by atoms with E-state index < -0.39 is 29.6 Å². The second-order valence-corrected chi connectivity index (χ2v) is 10.5. The number of nitrogens with two attached hydrogens (primary N) is 1. The van der Waals surface area contributed by atoms with Gasteiger partial charge >= 0.3 is 6.09 Å². The second-order valence-electron chi connectivity index (χ2n) is 10.5. The molecule has 11 nitrogen and oxygen atoms in total. The summed E-state index contributed by atoms with van der Waals surface area (Å²) in [5.41, 5.74) is 8.31. The van der Waals surface area contributed by atoms with Crippen LogP contribution in [0.5, 0.6) is 0 Å². The van der Waals surface area contributed by atoms with Gasteiger partial charge in [-0.2, -0.15) is 0 Å². The van der Waals surface area contributed by atoms with Crippen molar-refractivity contribution in [1.29, 1.82) is 0 Å². The fourth-order valence-corrected chi connectivity index (χ4v) is 4.41. The number of benzene rings is 2. The predicted octanol–water partition coefficient (Wildman–Crippen LogP) is 2.81. The van der Waals surface area contributed by atoms with E-state index in [1.54, 1.807) is 49.9 Å². The van der Waals surface area contributed by atoms with E-state index in [0.29, 0.717) is 49.4 Å². The summed E-state index contributed by atoms with van der Waals surface area (Å²) in [6.07, 6.45) is 0.968. The average molecular weight is 535 g/mol. The Labute approximate surface area is 227 Å². The van der Waals surface area contributed by atoms with Gasteiger partial charge in [0.05, 0.1) is 24.3 Å². The van der Waals surface area contributed by atoms with Crippen molar-refractivity contribution >= 4 is 41.0 Å². The van der Waals surface area contributed by atoms with Crippen LogP contribution >= 0.6 is 0 Å². The first-order valence-corrected chi connectivity index (χ1v) is 13.0. The number of nitrogens with zero attached hydrogens (tertiary/aromatic N) is 2. The van der Waals surface area contributed by atoms with E-state index in [0.717, 1.165) is 16.8 Å². The van der Waals surface area contributed by atoms with Crippen molar-refractivity contribution < 1.29 is 23.9 Å². The molecule has 0 fully saturated rings. The number of fused-ring (bicyclic) bond motifs is 4. The molecule has 2 heterocycles. The van der Waals surface area contributed by atoms with Crippen LogP contribution in [0, 0.1) is 0 Å². The quantitative estimate of drug-likeness (QED) is 0.363. The molecular weight excluding hydrogens is 500 g/mol. The minimum atomic E-state index is -0.864. The van der Waals surface area contributed by atoms with Crippen molar-refractivity contribution in [2.45, 2.75) is 58.2 Å². The number of rotatable bonds is 9. The predicted molar refractivity (Wildman–Crippen MR) is 147 cm³/mol. The third kappa shape index (κ3) is 6.80. The number of carbonyl (C=O) groups excluding carboxylic acids is 4. The maximum Gasteiger partial charge on any atom is 0.408 e. The lowest BCUT2D eigenvalue weighted by Gasteiger charge is -2.24. The van der Waals surface area contributed by atoms with E-state index in [1.807, 2.05) is 18.2 Å². The maximum atomic E-state index is 12.8. The fraction of sp³-hybridized carbons (Fsp3) is 0.393. The van der Waals surface area contributed by atoms with E-state index in [1.165, 1.54) is 0 Å². The molecule has 5 N–H and O–H groups in total. The lowest BCUT2D eigenvalue weighted by atomic mass is 10.1. The molecule has 4 rings (SSSR count). The Hall–Kier alpha value is -4.25. The molecule has 0 aromatic heterocycles. The first kappa shape index (κ1) is 27.8. The van der Waals surface area contributed by atoms with Gasteiger partial charge in [-0.25, -0.2) is 9.79 Å². The highest BCUT2D eigenvalue weighted by molar-refractivity contribution is 6.24. The van der Waals surface area contributed by atoms with Crippen molar-refractivity contribution in [1.82, 2.24) is 15.5 Å². The van der Waals surface area contributed by atoms with Crippen LogP contribution in [0.1, 0.15) is 61.5 Å². The third-order valence-electron chi connectivity index (χ3n) is 6.19. The largest absolute Gasteiger partial charge is 0.444 e. The van der Waals surface area contributed by atoms with Crippen molar-refractivity contribution in [3.8, 4) is 0 Å². The fourth-order valence-electron chi connectivity index (χ4n) is 4.41. The summed E-state index contributed by atoms with van der Waals surface area (Å²) in [5, 5.41) is 7.92. The first-order valence-electron chi connectivity index (χ1n) is 13.0. The van der Waals surface area contributed by atoms with E-state index in [4.69, 9.17) is 10.5 Å². The summed E-state index contributed by atoms with van der Waals surface area (Å²) in [7, 11) is 0. The van der Waals surface area contributed by atoms with Crippen LogP contribution in [-0.2, 0) is 20.9 Å². The zero-order valence-electron chi connectivity index (χ0n) is 22.4. The Kier molecular flexibility index (Phi) is 8.29. The van der Waals surface area contributed by atoms with Crippen LogP contribution < -0.4 is 21.7 Å². The number of alkyl carbamates (subject to hydrolysis) is 1. The van der Waals surface area contributed by atoms with Gasteiger partial charge in [0.15, 0.2) is 0 Å². The zero-order chi connectivity index (χ0) is 28.2. The summed E-state index contributed by atoms with van der Waals surface area (Å²) in [6, 6.07) is 11.8. The minimum absolute atomic E-state index is 0.104. The molecular formula is C28H34N6O5. The van der Waals surface area contributed by atoms with E-state index >= 15 is 0 Å². The summed E-state index contributed by atoms with van der Waals surface area (Å²) in [5.74, 6) is -0.407. The Morgan fingerprint density at radius 1 is 1.10 bits per heavy atom. The normalized spacial score (nSPS) is 14.4. The highest BCUT2D eigenvalue weighted by Gasteiger charge is 2.36. The van der Waals surface area contributed by atoms with Crippen LogP contribution in [0.3, 0.4) is 0 Å². The summed E-state index contributed by atoms with van der Waals surface area (Å²) in [6.45, 7) is 5.71. The number of hydrogen-bond donors (Lipinski definition) is 4. The van der Waals surface area contributed by atoms with Gasteiger partial charge < -0.3 is 26.4 Å². The van der Waals surface area contributed by atoms with Gasteiger partial charge in [-0.15, -0.1) is 0 Å². The Morgan fingerprint density at radius 2 is 1.85 bits per heavy atom.